The van der Waals surface area contributed by atoms with Gasteiger partial charge in [-0.1, -0.05) is 42.0 Å². The molecule has 6 nitrogen and oxygen atoms in total. The van der Waals surface area contributed by atoms with Crippen LogP contribution in [-0.4, -0.2) is 30.9 Å². The van der Waals surface area contributed by atoms with E-state index in [9.17, 15) is 5.11 Å². The monoisotopic (exact) mass is 516 g/mol. The maximum Gasteiger partial charge on any atom is 0.199 e. The van der Waals surface area contributed by atoms with Crippen LogP contribution in [0.15, 0.2) is 66.7 Å². The van der Waals surface area contributed by atoms with Gasteiger partial charge in [-0.2, -0.15) is 0 Å². The average molecular weight is 517 g/mol. The first-order chi connectivity index (χ1) is 18.6. The van der Waals surface area contributed by atoms with Crippen molar-refractivity contribution in [2.45, 2.75) is 76.2 Å². The van der Waals surface area contributed by atoms with Crippen LogP contribution in [0.25, 0.3) is 0 Å². The minimum Gasteiger partial charge on any atom is -0.485 e. The van der Waals surface area contributed by atoms with Crippen molar-refractivity contribution in [3.05, 3.63) is 89.0 Å². The largest absolute Gasteiger partial charge is 0.485 e. The van der Waals surface area contributed by atoms with E-state index in [-0.39, 0.29) is 24.6 Å². The van der Waals surface area contributed by atoms with Crippen LogP contribution in [0.1, 0.15) is 78.9 Å². The minimum atomic E-state index is -0.804. The molecule has 0 radical (unpaired) electrons. The Kier molecular flexibility index (Phi) is 7.54. The summed E-state index contributed by atoms with van der Waals surface area (Å²) in [5.74, 6) is 1.74. The molecule has 0 aliphatic carbocycles. The van der Waals surface area contributed by atoms with Crippen molar-refractivity contribution in [2.75, 3.05) is 13.2 Å². The molecule has 5 unspecified atom stereocenters. The predicted octanol–water partition coefficient (Wildman–Crippen LogP) is 6.76. The average Bonchev–Trinajstić information content (AvgIpc) is 2.95. The van der Waals surface area contributed by atoms with Crippen molar-refractivity contribution >= 4 is 0 Å². The maximum absolute atomic E-state index is 11.9. The molecule has 0 saturated carbocycles. The summed E-state index contributed by atoms with van der Waals surface area (Å²) in [6.07, 6.45) is 4.41. The van der Waals surface area contributed by atoms with Crippen LogP contribution in [0.2, 0.25) is 0 Å². The number of hydrogen-bond donors (Lipinski definition) is 1. The number of aliphatic hydroxyl groups is 1. The molecule has 1 N–H and O–H groups in total. The lowest BCUT2D eigenvalue weighted by molar-refractivity contribution is -0.106. The van der Waals surface area contributed by atoms with Gasteiger partial charge >= 0.3 is 0 Å². The number of aryl methyl sites for hydroxylation is 1. The van der Waals surface area contributed by atoms with E-state index in [1.165, 1.54) is 5.56 Å². The fraction of sp³-hybridized carbons (Fsp3) is 0.438. The predicted molar refractivity (Wildman–Crippen MR) is 144 cm³/mol. The van der Waals surface area contributed by atoms with Crippen molar-refractivity contribution in [1.82, 2.24) is 0 Å². The molecule has 0 spiro atoms. The van der Waals surface area contributed by atoms with E-state index in [2.05, 4.69) is 31.2 Å². The van der Waals surface area contributed by atoms with Crippen LogP contribution in [0.4, 0.5) is 0 Å². The second-order valence-electron chi connectivity index (χ2n) is 10.5. The highest BCUT2D eigenvalue weighted by Gasteiger charge is 2.40. The van der Waals surface area contributed by atoms with Crippen molar-refractivity contribution in [3.8, 4) is 17.2 Å². The Morgan fingerprint density at radius 2 is 1.42 bits per heavy atom. The third-order valence-corrected chi connectivity index (χ3v) is 7.68. The van der Waals surface area contributed by atoms with Crippen LogP contribution in [0.3, 0.4) is 0 Å². The molecule has 3 aromatic carbocycles. The van der Waals surface area contributed by atoms with E-state index in [1.54, 1.807) is 0 Å². The second-order valence-corrected chi connectivity index (χ2v) is 10.5. The van der Waals surface area contributed by atoms with Crippen molar-refractivity contribution in [1.29, 1.82) is 0 Å². The Morgan fingerprint density at radius 3 is 2.08 bits per heavy atom. The van der Waals surface area contributed by atoms with Gasteiger partial charge in [0.25, 0.3) is 0 Å². The fourth-order valence-corrected chi connectivity index (χ4v) is 5.60. The Morgan fingerprint density at radius 1 is 0.737 bits per heavy atom. The van der Waals surface area contributed by atoms with Crippen molar-refractivity contribution < 1.29 is 28.8 Å². The summed E-state index contributed by atoms with van der Waals surface area (Å²) >= 11 is 0. The van der Waals surface area contributed by atoms with Crippen LogP contribution < -0.4 is 14.2 Å². The highest BCUT2D eigenvalue weighted by atomic mass is 16.7. The third kappa shape index (κ3) is 5.53. The highest BCUT2D eigenvalue weighted by molar-refractivity contribution is 5.48. The smallest absolute Gasteiger partial charge is 0.199 e. The van der Waals surface area contributed by atoms with E-state index in [0.29, 0.717) is 23.7 Å². The molecule has 6 heteroatoms. The molecular formula is C32H36O6. The van der Waals surface area contributed by atoms with Gasteiger partial charge in [0.05, 0.1) is 25.2 Å². The van der Waals surface area contributed by atoms with E-state index in [4.69, 9.17) is 23.7 Å². The van der Waals surface area contributed by atoms with Gasteiger partial charge in [-0.3, -0.25) is 0 Å². The normalized spacial score (nSPS) is 27.2. The summed E-state index contributed by atoms with van der Waals surface area (Å²) < 4.78 is 30.5. The summed E-state index contributed by atoms with van der Waals surface area (Å²) in [6.45, 7) is 3.51. The molecule has 5 atom stereocenters. The summed E-state index contributed by atoms with van der Waals surface area (Å²) in [4.78, 5) is 0. The van der Waals surface area contributed by atoms with Gasteiger partial charge in [-0.05, 0) is 74.1 Å². The first kappa shape index (κ1) is 25.2. The highest BCUT2D eigenvalue weighted by Crippen LogP contribution is 2.51. The first-order valence-corrected chi connectivity index (χ1v) is 13.9. The van der Waals surface area contributed by atoms with Crippen LogP contribution in [0, 0.1) is 6.92 Å². The van der Waals surface area contributed by atoms with E-state index in [0.717, 1.165) is 62.0 Å². The van der Waals surface area contributed by atoms with Gasteiger partial charge < -0.3 is 28.8 Å². The van der Waals surface area contributed by atoms with Gasteiger partial charge in [-0.25, -0.2) is 0 Å². The van der Waals surface area contributed by atoms with Gasteiger partial charge in [0.1, 0.15) is 23.4 Å². The molecule has 0 amide bonds. The molecule has 2 fully saturated rings. The Labute approximate surface area is 224 Å². The zero-order valence-electron chi connectivity index (χ0n) is 21.9. The number of rotatable bonds is 6. The molecular weight excluding hydrogens is 480 g/mol. The molecule has 3 aromatic rings. The summed E-state index contributed by atoms with van der Waals surface area (Å²) in [5.41, 5.74) is 3.86. The van der Waals surface area contributed by atoms with E-state index < -0.39 is 6.10 Å². The standard InChI is InChI=1S/C32H36O6/c1-21-11-13-22(14-12-21)32-30(23-7-6-8-24(19-23)36-28-9-2-4-17-34-28)31(33)26-20-25(15-16-27(26)38-32)37-29-10-3-5-18-35-29/h6-8,11-16,19-20,28-33H,2-5,9-10,17-18H2,1H3. The Bertz CT molecular complexity index is 1210. The number of ether oxygens (including phenoxy) is 5. The topological polar surface area (TPSA) is 66.4 Å². The van der Waals surface area contributed by atoms with Gasteiger partial charge in [0.2, 0.25) is 0 Å². The van der Waals surface area contributed by atoms with E-state index in [1.807, 2.05) is 42.5 Å². The van der Waals surface area contributed by atoms with Gasteiger partial charge in [0.15, 0.2) is 12.6 Å². The lowest BCUT2D eigenvalue weighted by Gasteiger charge is -2.38. The summed E-state index contributed by atoms with van der Waals surface area (Å²) in [7, 11) is 0. The number of hydrogen-bond acceptors (Lipinski definition) is 6. The fourth-order valence-electron chi connectivity index (χ4n) is 5.60. The molecule has 3 heterocycles. The molecule has 2 saturated heterocycles. The van der Waals surface area contributed by atoms with Crippen LogP contribution in [0.5, 0.6) is 17.2 Å². The van der Waals surface area contributed by atoms with Gasteiger partial charge in [-0.15, -0.1) is 0 Å². The second kappa shape index (κ2) is 11.4. The number of fused-ring (bicyclic) bond motifs is 1. The lowest BCUT2D eigenvalue weighted by Crippen LogP contribution is -2.29. The van der Waals surface area contributed by atoms with Crippen molar-refractivity contribution in [3.63, 3.8) is 0 Å². The van der Waals surface area contributed by atoms with Crippen molar-refractivity contribution in [2.24, 2.45) is 0 Å². The quantitative estimate of drug-likeness (QED) is 0.391. The molecule has 200 valence electrons. The first-order valence-electron chi connectivity index (χ1n) is 13.9. The SMILES string of the molecule is Cc1ccc(C2Oc3ccc(OC4CCCCO4)cc3C(O)C2c2cccc(OC3CCCCO3)c2)cc1. The molecule has 38 heavy (non-hydrogen) atoms. The number of aliphatic hydroxyl groups excluding tert-OH is 1. The molecule has 0 bridgehead atoms. The molecule has 3 aliphatic heterocycles. The Hall–Kier alpha value is -3.06. The zero-order valence-corrected chi connectivity index (χ0v) is 21.9. The maximum atomic E-state index is 11.9. The minimum absolute atomic E-state index is 0.234. The van der Waals surface area contributed by atoms with Crippen LogP contribution in [-0.2, 0) is 9.47 Å². The molecule has 6 rings (SSSR count). The number of benzene rings is 3. The molecule has 0 aromatic heterocycles. The van der Waals surface area contributed by atoms with Gasteiger partial charge in [0, 0.05) is 18.4 Å². The summed E-state index contributed by atoms with van der Waals surface area (Å²) in [5, 5.41) is 11.9. The zero-order chi connectivity index (χ0) is 25.9. The van der Waals surface area contributed by atoms with Crippen LogP contribution >= 0.6 is 0 Å². The lowest BCUT2D eigenvalue weighted by atomic mass is 9.79. The molecule has 3 aliphatic rings. The Balaban J connectivity index is 1.33. The summed E-state index contributed by atoms with van der Waals surface area (Å²) in [6, 6.07) is 22.0. The third-order valence-electron chi connectivity index (χ3n) is 7.68. The van der Waals surface area contributed by atoms with E-state index >= 15 is 0 Å².